The van der Waals surface area contributed by atoms with Gasteiger partial charge in [-0.05, 0) is 0 Å². The Balaban J connectivity index is 2.30. The van der Waals surface area contributed by atoms with E-state index in [1.54, 1.807) is 7.11 Å². The molecule has 0 bridgehead atoms. The van der Waals surface area contributed by atoms with Crippen molar-refractivity contribution in [1.82, 2.24) is 9.97 Å². The Bertz CT molecular complexity index is 340. The van der Waals surface area contributed by atoms with E-state index >= 15 is 0 Å². The lowest BCUT2D eigenvalue weighted by Gasteiger charge is -2.08. The van der Waals surface area contributed by atoms with Gasteiger partial charge in [-0.15, -0.1) is 0 Å². The molecule has 0 aromatic carbocycles. The van der Waals surface area contributed by atoms with Crippen molar-refractivity contribution in [1.29, 1.82) is 0 Å². The minimum atomic E-state index is 0.240. The number of rotatable bonds is 8. The van der Waals surface area contributed by atoms with Crippen molar-refractivity contribution in [3.8, 4) is 5.88 Å². The predicted octanol–water partition coefficient (Wildman–Crippen LogP) is 0.457. The lowest BCUT2D eigenvalue weighted by Crippen LogP contribution is -2.13. The van der Waals surface area contributed by atoms with Gasteiger partial charge in [0.1, 0.15) is 11.6 Å². The number of ether oxygens (including phenoxy) is 3. The Hall–Kier alpha value is -1.15. The minimum Gasteiger partial charge on any atom is -0.474 e. The number of nitrogens with two attached hydrogens (primary N) is 1. The predicted molar refractivity (Wildman–Crippen MR) is 63.0 cm³/mol. The molecule has 1 heterocycles. The summed E-state index contributed by atoms with van der Waals surface area (Å²) in [4.78, 5) is 7.76. The summed E-state index contributed by atoms with van der Waals surface area (Å²) < 4.78 is 15.4. The molecule has 17 heavy (non-hydrogen) atoms. The van der Waals surface area contributed by atoms with E-state index in [1.165, 1.54) is 6.20 Å². The van der Waals surface area contributed by atoms with E-state index in [0.717, 1.165) is 0 Å². The van der Waals surface area contributed by atoms with Crippen molar-refractivity contribution < 1.29 is 14.2 Å². The van der Waals surface area contributed by atoms with E-state index in [4.69, 9.17) is 31.7 Å². The molecule has 0 atom stereocenters. The monoisotopic (exact) mass is 262 g/mol. The van der Waals surface area contributed by atoms with E-state index in [2.05, 4.69) is 15.4 Å². The second-order valence-electron chi connectivity index (χ2n) is 2.94. The van der Waals surface area contributed by atoms with Gasteiger partial charge < -0.3 is 14.2 Å². The van der Waals surface area contributed by atoms with Crippen LogP contribution < -0.4 is 16.0 Å². The van der Waals surface area contributed by atoms with Gasteiger partial charge in [-0.25, -0.2) is 10.8 Å². The fraction of sp³-hybridized carbons (Fsp3) is 0.556. The van der Waals surface area contributed by atoms with Crippen molar-refractivity contribution >= 4 is 17.5 Å². The second kappa shape index (κ2) is 8.02. The summed E-state index contributed by atoms with van der Waals surface area (Å²) in [6.07, 6.45) is 1.41. The standard InChI is InChI=1S/C9H15ClN4O3/c1-15-2-3-16-4-5-17-8-7(10)6-12-9(13-8)14-11/h6H,2-5,11H2,1H3,(H,12,13,14). The zero-order valence-corrected chi connectivity index (χ0v) is 10.2. The molecule has 0 saturated heterocycles. The first kappa shape index (κ1) is 13.9. The largest absolute Gasteiger partial charge is 0.474 e. The molecule has 0 aliphatic heterocycles. The molecule has 0 saturated carbocycles. The molecule has 1 aromatic heterocycles. The van der Waals surface area contributed by atoms with Gasteiger partial charge in [0.15, 0.2) is 0 Å². The van der Waals surface area contributed by atoms with Gasteiger partial charge in [-0.1, -0.05) is 11.6 Å². The zero-order chi connectivity index (χ0) is 12.5. The number of hydrogen-bond donors (Lipinski definition) is 2. The smallest absolute Gasteiger partial charge is 0.240 e. The molecule has 1 aromatic rings. The molecule has 8 heteroatoms. The highest BCUT2D eigenvalue weighted by Crippen LogP contribution is 2.21. The van der Waals surface area contributed by atoms with Crippen LogP contribution in [0.3, 0.4) is 0 Å². The highest BCUT2D eigenvalue weighted by Gasteiger charge is 2.05. The number of halogens is 1. The molecule has 0 fully saturated rings. The van der Waals surface area contributed by atoms with Crippen molar-refractivity contribution in [2.75, 3.05) is 39.0 Å². The van der Waals surface area contributed by atoms with Crippen LogP contribution in [-0.2, 0) is 9.47 Å². The maximum absolute atomic E-state index is 5.84. The van der Waals surface area contributed by atoms with Crippen LogP contribution in [-0.4, -0.2) is 43.5 Å². The van der Waals surface area contributed by atoms with E-state index in [-0.39, 0.29) is 11.8 Å². The molecule has 7 nitrogen and oxygen atoms in total. The van der Waals surface area contributed by atoms with E-state index in [9.17, 15) is 0 Å². The summed E-state index contributed by atoms with van der Waals surface area (Å²) in [5.74, 6) is 5.68. The summed E-state index contributed by atoms with van der Waals surface area (Å²) >= 11 is 5.84. The van der Waals surface area contributed by atoms with Gasteiger partial charge in [-0.2, -0.15) is 4.98 Å². The number of hydrogen-bond acceptors (Lipinski definition) is 7. The lowest BCUT2D eigenvalue weighted by molar-refractivity contribution is 0.0537. The van der Waals surface area contributed by atoms with Crippen LogP contribution in [0.5, 0.6) is 5.88 Å². The number of aromatic nitrogens is 2. The molecular formula is C9H15ClN4O3. The molecule has 3 N–H and O–H groups in total. The molecule has 1 rings (SSSR count). The number of nitrogens with one attached hydrogen (secondary N) is 1. The maximum atomic E-state index is 5.84. The highest BCUT2D eigenvalue weighted by molar-refractivity contribution is 6.31. The van der Waals surface area contributed by atoms with Crippen LogP contribution in [0.2, 0.25) is 5.02 Å². The second-order valence-corrected chi connectivity index (χ2v) is 3.35. The number of nitrogens with zero attached hydrogens (tertiary/aromatic N) is 2. The molecule has 0 radical (unpaired) electrons. The third kappa shape index (κ3) is 5.14. The first-order chi connectivity index (χ1) is 8.27. The molecular weight excluding hydrogens is 248 g/mol. The van der Waals surface area contributed by atoms with Crippen molar-refractivity contribution in [3.05, 3.63) is 11.2 Å². The van der Waals surface area contributed by atoms with Gasteiger partial charge in [0.05, 0.1) is 26.0 Å². The zero-order valence-electron chi connectivity index (χ0n) is 9.48. The molecule has 0 aliphatic rings. The summed E-state index contributed by atoms with van der Waals surface area (Å²) in [6.45, 7) is 1.84. The van der Waals surface area contributed by atoms with Gasteiger partial charge in [-0.3, -0.25) is 5.43 Å². The average molecular weight is 263 g/mol. The Kier molecular flexibility index (Phi) is 6.56. The number of methoxy groups -OCH3 is 1. The molecule has 0 spiro atoms. The van der Waals surface area contributed by atoms with Crippen molar-refractivity contribution in [2.45, 2.75) is 0 Å². The van der Waals surface area contributed by atoms with E-state index in [1.807, 2.05) is 0 Å². The maximum Gasteiger partial charge on any atom is 0.240 e. The van der Waals surface area contributed by atoms with Crippen LogP contribution in [0.25, 0.3) is 0 Å². The fourth-order valence-electron chi connectivity index (χ4n) is 0.964. The molecule has 0 unspecified atom stereocenters. The Morgan fingerprint density at radius 2 is 2.12 bits per heavy atom. The Morgan fingerprint density at radius 3 is 2.82 bits per heavy atom. The summed E-state index contributed by atoms with van der Waals surface area (Å²) in [5, 5.41) is 0.320. The van der Waals surface area contributed by atoms with Gasteiger partial charge >= 0.3 is 0 Å². The number of hydrazine groups is 1. The normalized spacial score (nSPS) is 10.3. The average Bonchev–Trinajstić information content (AvgIpc) is 2.35. The Labute approximate surface area is 104 Å². The van der Waals surface area contributed by atoms with E-state index < -0.39 is 0 Å². The SMILES string of the molecule is COCCOCCOc1nc(NN)ncc1Cl. The lowest BCUT2D eigenvalue weighted by atomic mass is 10.6. The van der Waals surface area contributed by atoms with Crippen molar-refractivity contribution in [3.63, 3.8) is 0 Å². The number of anilines is 1. The molecule has 0 aliphatic carbocycles. The first-order valence-corrected chi connectivity index (χ1v) is 5.34. The van der Waals surface area contributed by atoms with Gasteiger partial charge in [0, 0.05) is 7.11 Å². The summed E-state index contributed by atoms with van der Waals surface area (Å²) in [7, 11) is 1.61. The van der Waals surface area contributed by atoms with Crippen LogP contribution in [0, 0.1) is 0 Å². The first-order valence-electron chi connectivity index (χ1n) is 4.96. The quantitative estimate of drug-likeness (QED) is 0.399. The fourth-order valence-corrected chi connectivity index (χ4v) is 1.11. The molecule has 96 valence electrons. The minimum absolute atomic E-state index is 0.240. The summed E-state index contributed by atoms with van der Waals surface area (Å²) in [6, 6.07) is 0. The molecule has 0 amide bonds. The van der Waals surface area contributed by atoms with Crippen LogP contribution in [0.4, 0.5) is 5.95 Å². The van der Waals surface area contributed by atoms with E-state index in [0.29, 0.717) is 31.5 Å². The van der Waals surface area contributed by atoms with Crippen LogP contribution in [0.1, 0.15) is 0 Å². The summed E-state index contributed by atoms with van der Waals surface area (Å²) in [5.41, 5.74) is 2.30. The third-order valence-electron chi connectivity index (χ3n) is 1.74. The van der Waals surface area contributed by atoms with Gasteiger partial charge in [0.25, 0.3) is 0 Å². The van der Waals surface area contributed by atoms with Crippen molar-refractivity contribution in [2.24, 2.45) is 5.84 Å². The Morgan fingerprint density at radius 1 is 1.35 bits per heavy atom. The number of nitrogen functional groups attached to an aromatic ring is 1. The van der Waals surface area contributed by atoms with Crippen LogP contribution >= 0.6 is 11.6 Å². The van der Waals surface area contributed by atoms with Gasteiger partial charge in [0.2, 0.25) is 11.8 Å². The third-order valence-corrected chi connectivity index (χ3v) is 2.00. The topological polar surface area (TPSA) is 91.5 Å². The van der Waals surface area contributed by atoms with Crippen LogP contribution in [0.15, 0.2) is 6.20 Å². The highest BCUT2D eigenvalue weighted by atomic mass is 35.5.